The van der Waals surface area contributed by atoms with E-state index in [4.69, 9.17) is 28.7 Å². The summed E-state index contributed by atoms with van der Waals surface area (Å²) in [5.41, 5.74) is 28.3. The number of aliphatic imine (C=N–C) groups is 2. The monoisotopic (exact) mass is 703 g/mol. The standard InChI is InChI=1S/C33H57N11O6/c1-19(2)16-22(34)27(45)41-23(12-8-14-39-32(35)36)28(46)44-26(18-21-10-6-5-7-11-21)30(48)43-25(17-20(3)4)29(47)42-24(31(49)50)13-9-15-40-33(37)38/h5-7,10-11,19-20,22-26H,8-9,12-18,34H2,1-4H3,(H,41,45)(H,42,47)(H,43,48)(H,44,46)(H,49,50)(H4,35,36,39)(H4,37,38,40)/t22-,23-,24-,25-,26-/m0/s1. The average Bonchev–Trinajstić information content (AvgIpc) is 3.02. The molecule has 0 heterocycles. The first-order valence-electron chi connectivity index (χ1n) is 16.8. The van der Waals surface area contributed by atoms with Gasteiger partial charge in [-0.15, -0.1) is 0 Å². The smallest absolute Gasteiger partial charge is 0.326 e. The minimum atomic E-state index is -1.26. The van der Waals surface area contributed by atoms with Gasteiger partial charge in [0.1, 0.15) is 24.2 Å². The fourth-order valence-corrected chi connectivity index (χ4v) is 5.01. The summed E-state index contributed by atoms with van der Waals surface area (Å²) < 4.78 is 0. The lowest BCUT2D eigenvalue weighted by molar-refractivity contribution is -0.142. The zero-order valence-corrected chi connectivity index (χ0v) is 29.6. The van der Waals surface area contributed by atoms with Crippen LogP contribution in [0.4, 0.5) is 0 Å². The van der Waals surface area contributed by atoms with Gasteiger partial charge < -0.3 is 55.0 Å². The third-order valence-corrected chi connectivity index (χ3v) is 7.46. The highest BCUT2D eigenvalue weighted by Crippen LogP contribution is 2.11. The Kier molecular flexibility index (Phi) is 19.5. The Morgan fingerprint density at radius 3 is 1.58 bits per heavy atom. The molecule has 17 nitrogen and oxygen atoms in total. The number of nitrogens with zero attached hydrogens (tertiary/aromatic N) is 2. The second-order valence-corrected chi connectivity index (χ2v) is 13.0. The number of carbonyl (C=O) groups excluding carboxylic acids is 4. The molecule has 280 valence electrons. The fraction of sp³-hybridized carbons (Fsp3) is 0.606. The molecule has 0 aliphatic heterocycles. The summed E-state index contributed by atoms with van der Waals surface area (Å²) in [6.07, 6.45) is 1.43. The summed E-state index contributed by atoms with van der Waals surface area (Å²) in [5, 5.41) is 20.4. The maximum absolute atomic E-state index is 13.9. The van der Waals surface area contributed by atoms with Gasteiger partial charge in [0.05, 0.1) is 6.04 Å². The van der Waals surface area contributed by atoms with E-state index in [1.54, 1.807) is 30.3 Å². The van der Waals surface area contributed by atoms with Crippen molar-refractivity contribution < 1.29 is 29.1 Å². The lowest BCUT2D eigenvalue weighted by Gasteiger charge is -2.27. The quantitative estimate of drug-likeness (QED) is 0.0366. The van der Waals surface area contributed by atoms with Crippen molar-refractivity contribution in [3.05, 3.63) is 35.9 Å². The van der Waals surface area contributed by atoms with Crippen molar-refractivity contribution in [2.24, 2.45) is 50.5 Å². The van der Waals surface area contributed by atoms with Crippen LogP contribution >= 0.6 is 0 Å². The van der Waals surface area contributed by atoms with Crippen LogP contribution in [0.3, 0.4) is 0 Å². The largest absolute Gasteiger partial charge is 0.480 e. The molecule has 0 saturated carbocycles. The van der Waals surface area contributed by atoms with Crippen LogP contribution in [0, 0.1) is 11.8 Å². The van der Waals surface area contributed by atoms with Gasteiger partial charge in [0.15, 0.2) is 11.9 Å². The molecular formula is C33H57N11O6. The van der Waals surface area contributed by atoms with Crippen LogP contribution in [0.1, 0.15) is 71.8 Å². The van der Waals surface area contributed by atoms with Gasteiger partial charge in [-0.2, -0.15) is 0 Å². The highest BCUT2D eigenvalue weighted by atomic mass is 16.4. The number of guanidine groups is 2. The number of aliphatic carboxylic acids is 1. The maximum atomic E-state index is 13.9. The van der Waals surface area contributed by atoms with E-state index >= 15 is 0 Å². The zero-order chi connectivity index (χ0) is 37.8. The molecule has 0 bridgehead atoms. The number of benzene rings is 1. The van der Waals surface area contributed by atoms with Gasteiger partial charge in [-0.25, -0.2) is 4.79 Å². The molecule has 0 fully saturated rings. The van der Waals surface area contributed by atoms with E-state index in [2.05, 4.69) is 31.3 Å². The van der Waals surface area contributed by atoms with E-state index in [9.17, 15) is 29.1 Å². The molecule has 0 spiro atoms. The van der Waals surface area contributed by atoms with Crippen LogP contribution in [0.5, 0.6) is 0 Å². The van der Waals surface area contributed by atoms with Crippen molar-refractivity contribution in [3.8, 4) is 0 Å². The van der Waals surface area contributed by atoms with E-state index in [0.29, 0.717) is 12.8 Å². The van der Waals surface area contributed by atoms with Crippen LogP contribution in [-0.4, -0.2) is 89.9 Å². The number of rotatable bonds is 23. The highest BCUT2D eigenvalue weighted by Gasteiger charge is 2.32. The van der Waals surface area contributed by atoms with E-state index in [-0.39, 0.29) is 68.9 Å². The molecule has 17 heteroatoms. The van der Waals surface area contributed by atoms with Crippen LogP contribution in [0.25, 0.3) is 0 Å². The van der Waals surface area contributed by atoms with Crippen molar-refractivity contribution in [2.45, 2.75) is 103 Å². The Bertz CT molecular complexity index is 1300. The Balaban J connectivity index is 3.29. The van der Waals surface area contributed by atoms with Crippen molar-refractivity contribution >= 4 is 41.5 Å². The van der Waals surface area contributed by atoms with E-state index < -0.39 is 59.8 Å². The number of carboxylic acid groups (broad SMARTS) is 1. The van der Waals surface area contributed by atoms with Gasteiger partial charge in [-0.3, -0.25) is 29.2 Å². The number of carboxylic acids is 1. The SMILES string of the molecule is CC(C)C[C@H](NC(=O)[C@H](Cc1ccccc1)NC(=O)[C@H](CCCN=C(N)N)NC(=O)[C@@H](N)CC(C)C)C(=O)N[C@@H](CCCN=C(N)N)C(=O)O. The molecule has 1 aromatic carbocycles. The molecule has 0 unspecified atom stereocenters. The lowest BCUT2D eigenvalue weighted by atomic mass is 10.00. The predicted molar refractivity (Wildman–Crippen MR) is 192 cm³/mol. The molecule has 0 saturated heterocycles. The van der Waals surface area contributed by atoms with Gasteiger partial charge in [-0.05, 0) is 55.9 Å². The molecule has 0 aliphatic rings. The molecule has 0 aliphatic carbocycles. The van der Waals surface area contributed by atoms with E-state index in [1.807, 2.05) is 27.7 Å². The van der Waals surface area contributed by atoms with Gasteiger partial charge in [0, 0.05) is 19.5 Å². The van der Waals surface area contributed by atoms with Gasteiger partial charge in [0.2, 0.25) is 23.6 Å². The normalized spacial score (nSPS) is 14.0. The Morgan fingerprint density at radius 1 is 0.640 bits per heavy atom. The third kappa shape index (κ3) is 18.0. The summed E-state index contributed by atoms with van der Waals surface area (Å²) in [4.78, 5) is 73.7. The Hall–Kier alpha value is -4.93. The predicted octanol–water partition coefficient (Wildman–Crippen LogP) is -1.22. The number of amides is 4. The minimum Gasteiger partial charge on any atom is -0.480 e. The van der Waals surface area contributed by atoms with Crippen molar-refractivity contribution in [1.82, 2.24) is 21.3 Å². The van der Waals surface area contributed by atoms with Crippen molar-refractivity contribution in [3.63, 3.8) is 0 Å². The summed E-state index contributed by atoms with van der Waals surface area (Å²) in [5.74, 6) is -3.99. The van der Waals surface area contributed by atoms with Gasteiger partial charge in [0.25, 0.3) is 0 Å². The fourth-order valence-electron chi connectivity index (χ4n) is 5.01. The maximum Gasteiger partial charge on any atom is 0.326 e. The molecular weight excluding hydrogens is 646 g/mol. The zero-order valence-electron chi connectivity index (χ0n) is 29.6. The molecule has 4 amide bonds. The number of hydrogen-bond donors (Lipinski definition) is 10. The van der Waals surface area contributed by atoms with Crippen molar-refractivity contribution in [2.75, 3.05) is 13.1 Å². The number of nitrogens with two attached hydrogens (primary N) is 5. The third-order valence-electron chi connectivity index (χ3n) is 7.46. The molecule has 1 rings (SSSR count). The molecule has 15 N–H and O–H groups in total. The number of nitrogens with one attached hydrogen (secondary N) is 4. The molecule has 0 radical (unpaired) electrons. The van der Waals surface area contributed by atoms with Crippen LogP contribution < -0.4 is 49.9 Å². The Labute approximate surface area is 294 Å². The van der Waals surface area contributed by atoms with Gasteiger partial charge in [-0.1, -0.05) is 58.0 Å². The highest BCUT2D eigenvalue weighted by molar-refractivity contribution is 5.95. The second-order valence-electron chi connectivity index (χ2n) is 13.0. The van der Waals surface area contributed by atoms with Gasteiger partial charge >= 0.3 is 5.97 Å². The van der Waals surface area contributed by atoms with E-state index in [1.165, 1.54) is 0 Å². The van der Waals surface area contributed by atoms with Crippen LogP contribution in [0.2, 0.25) is 0 Å². The molecule has 5 atom stereocenters. The molecule has 0 aromatic heterocycles. The summed E-state index contributed by atoms with van der Waals surface area (Å²) in [7, 11) is 0. The van der Waals surface area contributed by atoms with Crippen LogP contribution in [0.15, 0.2) is 40.3 Å². The second kappa shape index (κ2) is 22.7. The molecule has 50 heavy (non-hydrogen) atoms. The minimum absolute atomic E-state index is 0.0456. The van der Waals surface area contributed by atoms with Crippen LogP contribution in [-0.2, 0) is 30.4 Å². The first-order chi connectivity index (χ1) is 23.5. The summed E-state index contributed by atoms with van der Waals surface area (Å²) >= 11 is 0. The number of carbonyl (C=O) groups is 5. The summed E-state index contributed by atoms with van der Waals surface area (Å²) in [6, 6.07) is 3.44. The topological polar surface area (TPSA) is 309 Å². The van der Waals surface area contributed by atoms with Crippen molar-refractivity contribution in [1.29, 1.82) is 0 Å². The first kappa shape index (κ1) is 43.1. The average molecular weight is 704 g/mol. The summed E-state index contributed by atoms with van der Waals surface area (Å²) in [6.45, 7) is 7.91. The van der Waals surface area contributed by atoms with E-state index in [0.717, 1.165) is 5.56 Å². The lowest BCUT2D eigenvalue weighted by Crippen LogP contribution is -2.59. The molecule has 1 aromatic rings. The first-order valence-corrected chi connectivity index (χ1v) is 16.8. The number of hydrogen-bond acceptors (Lipinski definition) is 8. The Morgan fingerprint density at radius 2 is 1.08 bits per heavy atom.